The van der Waals surface area contributed by atoms with Crippen molar-refractivity contribution >= 4 is 29.4 Å². The third-order valence-corrected chi connectivity index (χ3v) is 4.59. The molecule has 0 saturated heterocycles. The number of thioether (sulfide) groups is 2. The van der Waals surface area contributed by atoms with Crippen molar-refractivity contribution in [2.45, 2.75) is 22.8 Å². The quantitative estimate of drug-likeness (QED) is 0.592. The largest absolute Gasteiger partial charge is 0.383 e. The van der Waals surface area contributed by atoms with Gasteiger partial charge in [-0.25, -0.2) is 0 Å². The maximum absolute atomic E-state index is 11.7. The number of hydrogen-bond acceptors (Lipinski definition) is 4. The van der Waals surface area contributed by atoms with E-state index in [4.69, 9.17) is 4.74 Å². The highest BCUT2D eigenvalue weighted by atomic mass is 32.2. The normalized spacial score (nSPS) is 12.2. The highest BCUT2D eigenvalue weighted by Gasteiger charge is 2.12. The summed E-state index contributed by atoms with van der Waals surface area (Å²) in [5.74, 6) is 0.927. The fourth-order valence-electron chi connectivity index (χ4n) is 1.44. The van der Waals surface area contributed by atoms with E-state index in [1.165, 1.54) is 10.5 Å². The van der Waals surface area contributed by atoms with Gasteiger partial charge in [0.1, 0.15) is 0 Å². The molecule has 0 fully saturated rings. The smallest absolute Gasteiger partial charge is 0.232 e. The van der Waals surface area contributed by atoms with E-state index in [0.717, 1.165) is 5.75 Å². The van der Waals surface area contributed by atoms with Gasteiger partial charge in [-0.1, -0.05) is 12.1 Å². The molecule has 0 radical (unpaired) electrons. The summed E-state index contributed by atoms with van der Waals surface area (Å²) in [6, 6.07) is 8.47. The molecule has 0 spiro atoms. The lowest BCUT2D eigenvalue weighted by Gasteiger charge is -2.11. The van der Waals surface area contributed by atoms with Crippen LogP contribution in [0.5, 0.6) is 0 Å². The summed E-state index contributed by atoms with van der Waals surface area (Å²) >= 11 is 3.38. The summed E-state index contributed by atoms with van der Waals surface area (Å²) in [7, 11) is 1.63. The van der Waals surface area contributed by atoms with Crippen molar-refractivity contribution < 1.29 is 9.53 Å². The van der Waals surface area contributed by atoms with Crippen LogP contribution in [0.25, 0.3) is 0 Å². The van der Waals surface area contributed by atoms with Crippen LogP contribution in [0.15, 0.2) is 29.2 Å². The average Bonchev–Trinajstić information content (AvgIpc) is 2.45. The number of rotatable bonds is 8. The Morgan fingerprint density at radius 1 is 1.37 bits per heavy atom. The first kappa shape index (κ1) is 16.4. The Hall–Kier alpha value is -0.650. The van der Waals surface area contributed by atoms with Crippen LogP contribution in [0.1, 0.15) is 12.5 Å². The average molecular weight is 299 g/mol. The van der Waals surface area contributed by atoms with Gasteiger partial charge in [0.05, 0.1) is 11.9 Å². The van der Waals surface area contributed by atoms with E-state index in [1.807, 2.05) is 6.92 Å². The molecule has 0 bridgehead atoms. The fourth-order valence-corrected chi connectivity index (χ4v) is 2.72. The first-order valence-corrected chi connectivity index (χ1v) is 8.46. The van der Waals surface area contributed by atoms with E-state index in [0.29, 0.717) is 13.2 Å². The number of carbonyl (C=O) groups excluding carboxylic acids is 1. The molecule has 1 aromatic carbocycles. The second-order valence-electron chi connectivity index (χ2n) is 4.09. The van der Waals surface area contributed by atoms with Crippen LogP contribution in [0.4, 0.5) is 0 Å². The van der Waals surface area contributed by atoms with Crippen molar-refractivity contribution in [3.63, 3.8) is 0 Å². The number of carbonyl (C=O) groups is 1. The van der Waals surface area contributed by atoms with E-state index in [9.17, 15) is 4.79 Å². The molecule has 0 aliphatic rings. The Labute approximate surface area is 123 Å². The summed E-state index contributed by atoms with van der Waals surface area (Å²) in [4.78, 5) is 13.0. The Morgan fingerprint density at radius 3 is 2.63 bits per heavy atom. The first-order chi connectivity index (χ1) is 9.17. The molecule has 1 rings (SSSR count). The zero-order valence-corrected chi connectivity index (χ0v) is 13.3. The van der Waals surface area contributed by atoms with Gasteiger partial charge in [-0.05, 0) is 30.9 Å². The molecule has 0 aromatic heterocycles. The topological polar surface area (TPSA) is 38.3 Å². The molecule has 19 heavy (non-hydrogen) atoms. The minimum atomic E-state index is -0.0444. The number of methoxy groups -OCH3 is 1. The van der Waals surface area contributed by atoms with Crippen molar-refractivity contribution in [3.8, 4) is 0 Å². The maximum atomic E-state index is 11.7. The van der Waals surface area contributed by atoms with Crippen LogP contribution in [0.2, 0.25) is 0 Å². The lowest BCUT2D eigenvalue weighted by atomic mass is 10.2. The molecule has 0 aliphatic carbocycles. The third kappa shape index (κ3) is 6.36. The van der Waals surface area contributed by atoms with Crippen molar-refractivity contribution in [2.24, 2.45) is 0 Å². The van der Waals surface area contributed by atoms with Crippen molar-refractivity contribution in [1.29, 1.82) is 0 Å². The monoisotopic (exact) mass is 299 g/mol. The molecule has 5 heteroatoms. The third-order valence-electron chi connectivity index (χ3n) is 2.63. The molecular formula is C14H21NO2S2. The summed E-state index contributed by atoms with van der Waals surface area (Å²) in [6.07, 6.45) is 2.07. The minimum absolute atomic E-state index is 0.0444. The van der Waals surface area contributed by atoms with Gasteiger partial charge >= 0.3 is 0 Å². The van der Waals surface area contributed by atoms with E-state index < -0.39 is 0 Å². The Morgan fingerprint density at radius 2 is 2.05 bits per heavy atom. The van der Waals surface area contributed by atoms with Crippen molar-refractivity contribution in [3.05, 3.63) is 29.8 Å². The highest BCUT2D eigenvalue weighted by molar-refractivity contribution is 7.99. The van der Waals surface area contributed by atoms with E-state index in [-0.39, 0.29) is 11.2 Å². The van der Waals surface area contributed by atoms with Crippen LogP contribution in [-0.4, -0.2) is 37.7 Å². The summed E-state index contributed by atoms with van der Waals surface area (Å²) in [6.45, 7) is 3.06. The van der Waals surface area contributed by atoms with Crippen LogP contribution < -0.4 is 5.32 Å². The number of hydrogen-bond donors (Lipinski definition) is 1. The van der Waals surface area contributed by atoms with Crippen LogP contribution in [0, 0.1) is 0 Å². The zero-order valence-electron chi connectivity index (χ0n) is 11.6. The molecule has 1 amide bonds. The molecular weight excluding hydrogens is 278 g/mol. The molecule has 0 saturated carbocycles. The minimum Gasteiger partial charge on any atom is -0.383 e. The van der Waals surface area contributed by atoms with Crippen molar-refractivity contribution in [2.75, 3.05) is 26.5 Å². The number of ether oxygens (including phenoxy) is 1. The molecule has 0 heterocycles. The van der Waals surface area contributed by atoms with Gasteiger partial charge in [-0.2, -0.15) is 0 Å². The van der Waals surface area contributed by atoms with Crippen LogP contribution in [0.3, 0.4) is 0 Å². The highest BCUT2D eigenvalue weighted by Crippen LogP contribution is 2.20. The van der Waals surface area contributed by atoms with Gasteiger partial charge < -0.3 is 10.1 Å². The van der Waals surface area contributed by atoms with Gasteiger partial charge in [-0.3, -0.25) is 4.79 Å². The number of amides is 1. The van der Waals surface area contributed by atoms with E-state index >= 15 is 0 Å². The lowest BCUT2D eigenvalue weighted by Crippen LogP contribution is -2.33. The Kier molecular flexibility index (Phi) is 8.02. The molecule has 1 aromatic rings. The molecule has 1 unspecified atom stereocenters. The SMILES string of the molecule is COCCNC(=O)C(C)SCc1ccc(SC)cc1. The lowest BCUT2D eigenvalue weighted by molar-refractivity contribution is -0.120. The van der Waals surface area contributed by atoms with Gasteiger partial charge in [0, 0.05) is 24.3 Å². The first-order valence-electron chi connectivity index (χ1n) is 6.18. The van der Waals surface area contributed by atoms with Gasteiger partial charge in [0.15, 0.2) is 0 Å². The molecule has 3 nitrogen and oxygen atoms in total. The molecule has 0 aliphatic heterocycles. The van der Waals surface area contributed by atoms with Gasteiger partial charge in [0.2, 0.25) is 5.91 Å². The maximum Gasteiger partial charge on any atom is 0.232 e. The van der Waals surface area contributed by atoms with Gasteiger partial charge in [-0.15, -0.1) is 23.5 Å². The zero-order chi connectivity index (χ0) is 14.1. The number of nitrogens with one attached hydrogen (secondary N) is 1. The second kappa shape index (κ2) is 9.28. The Balaban J connectivity index is 2.32. The van der Waals surface area contributed by atoms with Gasteiger partial charge in [0.25, 0.3) is 0 Å². The van der Waals surface area contributed by atoms with E-state index in [2.05, 4.69) is 35.8 Å². The predicted molar refractivity (Wildman–Crippen MR) is 83.9 cm³/mol. The van der Waals surface area contributed by atoms with Crippen LogP contribution in [-0.2, 0) is 15.3 Å². The van der Waals surface area contributed by atoms with Crippen molar-refractivity contribution in [1.82, 2.24) is 5.32 Å². The summed E-state index contributed by atoms with van der Waals surface area (Å²) < 4.78 is 4.90. The Bertz CT molecular complexity index is 382. The van der Waals surface area contributed by atoms with Crippen LogP contribution >= 0.6 is 23.5 Å². The molecule has 1 atom stereocenters. The standard InChI is InChI=1S/C14H21NO2S2/c1-11(14(16)15-8-9-17-2)19-10-12-4-6-13(18-3)7-5-12/h4-7,11H,8-10H2,1-3H3,(H,15,16). The second-order valence-corrected chi connectivity index (χ2v) is 6.29. The van der Waals surface area contributed by atoms with E-state index in [1.54, 1.807) is 30.6 Å². The molecule has 106 valence electrons. The summed E-state index contributed by atoms with van der Waals surface area (Å²) in [5, 5.41) is 2.81. The molecule has 1 N–H and O–H groups in total. The fraction of sp³-hybridized carbons (Fsp3) is 0.500. The summed E-state index contributed by atoms with van der Waals surface area (Å²) in [5.41, 5.74) is 1.25. The number of benzene rings is 1. The predicted octanol–water partition coefficient (Wildman–Crippen LogP) is 2.79.